The Morgan fingerprint density at radius 2 is 1.84 bits per heavy atom. The molecule has 2 N–H and O–H groups in total. The van der Waals surface area contributed by atoms with Crippen LogP contribution in [0.1, 0.15) is 47.5 Å². The highest BCUT2D eigenvalue weighted by molar-refractivity contribution is 5.78. The molecule has 0 aromatic carbocycles. The van der Waals surface area contributed by atoms with Gasteiger partial charge in [-0.1, -0.05) is 13.8 Å². The van der Waals surface area contributed by atoms with E-state index in [4.69, 9.17) is 9.84 Å². The molecule has 5 heteroatoms. The normalized spacial score (nSPS) is 13.4. The van der Waals surface area contributed by atoms with E-state index in [9.17, 15) is 9.59 Å². The standard InChI is InChI=1S/C14H27NO4/c1-10(2)8-11(3)19-7-6-12(16)15-9-14(4,5)13(17)18/h10-11H,6-9H2,1-5H3,(H,15,16)(H,17,18). The summed E-state index contributed by atoms with van der Waals surface area (Å²) in [5, 5.41) is 11.5. The molecule has 0 aromatic heterocycles. The fourth-order valence-corrected chi connectivity index (χ4v) is 1.57. The summed E-state index contributed by atoms with van der Waals surface area (Å²) in [7, 11) is 0. The summed E-state index contributed by atoms with van der Waals surface area (Å²) in [6, 6.07) is 0. The van der Waals surface area contributed by atoms with Crippen molar-refractivity contribution in [2.75, 3.05) is 13.2 Å². The monoisotopic (exact) mass is 273 g/mol. The number of aliphatic carboxylic acids is 1. The Bertz CT molecular complexity index is 300. The van der Waals surface area contributed by atoms with Gasteiger partial charge < -0.3 is 15.2 Å². The molecule has 1 amide bonds. The van der Waals surface area contributed by atoms with E-state index in [1.54, 1.807) is 13.8 Å². The number of carboxylic acids is 1. The van der Waals surface area contributed by atoms with Gasteiger partial charge in [0, 0.05) is 13.0 Å². The highest BCUT2D eigenvalue weighted by atomic mass is 16.5. The van der Waals surface area contributed by atoms with Crippen molar-refractivity contribution in [2.45, 2.75) is 53.6 Å². The maximum absolute atomic E-state index is 11.5. The van der Waals surface area contributed by atoms with E-state index in [1.807, 2.05) is 6.92 Å². The number of carbonyl (C=O) groups is 2. The number of hydrogen-bond donors (Lipinski definition) is 2. The van der Waals surface area contributed by atoms with E-state index in [2.05, 4.69) is 19.2 Å². The van der Waals surface area contributed by atoms with Crippen molar-refractivity contribution < 1.29 is 19.4 Å². The Morgan fingerprint density at radius 3 is 2.32 bits per heavy atom. The van der Waals surface area contributed by atoms with Gasteiger partial charge in [-0.15, -0.1) is 0 Å². The molecular formula is C14H27NO4. The van der Waals surface area contributed by atoms with Gasteiger partial charge in [0.2, 0.25) is 5.91 Å². The lowest BCUT2D eigenvalue weighted by molar-refractivity contribution is -0.146. The fraction of sp³-hybridized carbons (Fsp3) is 0.857. The average Bonchev–Trinajstić information content (AvgIpc) is 2.25. The zero-order valence-electron chi connectivity index (χ0n) is 12.7. The minimum absolute atomic E-state index is 0.128. The molecular weight excluding hydrogens is 246 g/mol. The molecule has 112 valence electrons. The molecule has 5 nitrogen and oxygen atoms in total. The predicted molar refractivity (Wildman–Crippen MR) is 73.9 cm³/mol. The smallest absolute Gasteiger partial charge is 0.310 e. The molecule has 19 heavy (non-hydrogen) atoms. The quantitative estimate of drug-likeness (QED) is 0.674. The van der Waals surface area contributed by atoms with E-state index < -0.39 is 11.4 Å². The molecule has 0 bridgehead atoms. The molecule has 0 aliphatic carbocycles. The van der Waals surface area contributed by atoms with Crippen molar-refractivity contribution >= 4 is 11.9 Å². The number of carboxylic acid groups (broad SMARTS) is 1. The molecule has 0 spiro atoms. The topological polar surface area (TPSA) is 75.6 Å². The van der Waals surface area contributed by atoms with Gasteiger partial charge in [0.15, 0.2) is 0 Å². The average molecular weight is 273 g/mol. The van der Waals surface area contributed by atoms with Crippen LogP contribution in [-0.4, -0.2) is 36.2 Å². The van der Waals surface area contributed by atoms with Crippen LogP contribution >= 0.6 is 0 Å². The van der Waals surface area contributed by atoms with E-state index in [0.29, 0.717) is 12.5 Å². The molecule has 0 aromatic rings. The minimum Gasteiger partial charge on any atom is -0.481 e. The van der Waals surface area contributed by atoms with Crippen molar-refractivity contribution in [3.63, 3.8) is 0 Å². The summed E-state index contributed by atoms with van der Waals surface area (Å²) in [6.07, 6.45) is 1.37. The lowest BCUT2D eigenvalue weighted by atomic mass is 9.94. The summed E-state index contributed by atoms with van der Waals surface area (Å²) >= 11 is 0. The number of hydrogen-bond acceptors (Lipinski definition) is 3. The van der Waals surface area contributed by atoms with Gasteiger partial charge >= 0.3 is 5.97 Å². The van der Waals surface area contributed by atoms with E-state index >= 15 is 0 Å². The maximum Gasteiger partial charge on any atom is 0.310 e. The first kappa shape index (κ1) is 17.9. The first-order valence-corrected chi connectivity index (χ1v) is 6.77. The Morgan fingerprint density at radius 1 is 1.26 bits per heavy atom. The fourth-order valence-electron chi connectivity index (χ4n) is 1.57. The molecule has 0 rings (SSSR count). The third-order valence-electron chi connectivity index (χ3n) is 2.84. The van der Waals surface area contributed by atoms with Gasteiger partial charge in [-0.05, 0) is 33.1 Å². The van der Waals surface area contributed by atoms with Gasteiger partial charge in [0.1, 0.15) is 0 Å². The molecule has 1 unspecified atom stereocenters. The SMILES string of the molecule is CC(C)CC(C)OCCC(=O)NCC(C)(C)C(=O)O. The molecule has 0 saturated heterocycles. The van der Waals surface area contributed by atoms with Crippen LogP contribution in [0.15, 0.2) is 0 Å². The van der Waals surface area contributed by atoms with Crippen LogP contribution < -0.4 is 5.32 Å². The Kier molecular flexibility index (Phi) is 7.68. The summed E-state index contributed by atoms with van der Waals surface area (Å²) in [5.41, 5.74) is -0.943. The maximum atomic E-state index is 11.5. The summed E-state index contributed by atoms with van der Waals surface area (Å²) in [4.78, 5) is 22.4. The molecule has 0 heterocycles. The van der Waals surface area contributed by atoms with E-state index in [0.717, 1.165) is 6.42 Å². The molecule has 1 atom stereocenters. The Hall–Kier alpha value is -1.10. The van der Waals surface area contributed by atoms with E-state index in [-0.39, 0.29) is 25.0 Å². The van der Waals surface area contributed by atoms with Crippen molar-refractivity contribution in [2.24, 2.45) is 11.3 Å². The first-order chi connectivity index (χ1) is 8.65. The van der Waals surface area contributed by atoms with Crippen molar-refractivity contribution in [1.29, 1.82) is 0 Å². The second kappa shape index (κ2) is 8.15. The second-order valence-corrected chi connectivity index (χ2v) is 6.03. The van der Waals surface area contributed by atoms with Gasteiger partial charge in [-0.3, -0.25) is 9.59 Å². The number of rotatable bonds is 9. The van der Waals surface area contributed by atoms with E-state index in [1.165, 1.54) is 0 Å². The van der Waals surface area contributed by atoms with Crippen LogP contribution in [0, 0.1) is 11.3 Å². The van der Waals surface area contributed by atoms with Crippen LogP contribution in [-0.2, 0) is 14.3 Å². The minimum atomic E-state index is -0.943. The summed E-state index contributed by atoms with van der Waals surface area (Å²) < 4.78 is 5.53. The van der Waals surface area contributed by atoms with Gasteiger partial charge in [-0.2, -0.15) is 0 Å². The van der Waals surface area contributed by atoms with Gasteiger partial charge in [0.25, 0.3) is 0 Å². The van der Waals surface area contributed by atoms with Crippen LogP contribution in [0.3, 0.4) is 0 Å². The molecule has 0 fully saturated rings. The van der Waals surface area contributed by atoms with Gasteiger partial charge in [-0.25, -0.2) is 0 Å². The zero-order chi connectivity index (χ0) is 15.1. The summed E-state index contributed by atoms with van der Waals surface area (Å²) in [6.45, 7) is 9.90. The van der Waals surface area contributed by atoms with Crippen LogP contribution in [0.4, 0.5) is 0 Å². The summed E-state index contributed by atoms with van der Waals surface area (Å²) in [5.74, 6) is -0.527. The highest BCUT2D eigenvalue weighted by Gasteiger charge is 2.27. The first-order valence-electron chi connectivity index (χ1n) is 6.77. The lowest BCUT2D eigenvalue weighted by Crippen LogP contribution is -2.39. The van der Waals surface area contributed by atoms with Gasteiger partial charge in [0.05, 0.1) is 18.1 Å². The van der Waals surface area contributed by atoms with Crippen molar-refractivity contribution in [3.8, 4) is 0 Å². The lowest BCUT2D eigenvalue weighted by Gasteiger charge is -2.19. The molecule has 0 aliphatic rings. The number of amides is 1. The third-order valence-corrected chi connectivity index (χ3v) is 2.84. The molecule has 0 radical (unpaired) electrons. The third kappa shape index (κ3) is 8.59. The number of ether oxygens (including phenoxy) is 1. The van der Waals surface area contributed by atoms with Crippen molar-refractivity contribution in [1.82, 2.24) is 5.32 Å². The Labute approximate surface area is 115 Å². The zero-order valence-corrected chi connectivity index (χ0v) is 12.7. The molecule has 0 saturated carbocycles. The largest absolute Gasteiger partial charge is 0.481 e. The van der Waals surface area contributed by atoms with Crippen molar-refractivity contribution in [3.05, 3.63) is 0 Å². The molecule has 0 aliphatic heterocycles. The van der Waals surface area contributed by atoms with Crippen LogP contribution in [0.5, 0.6) is 0 Å². The number of nitrogens with one attached hydrogen (secondary N) is 1. The predicted octanol–water partition coefficient (Wildman–Crippen LogP) is 2.05. The highest BCUT2D eigenvalue weighted by Crippen LogP contribution is 2.13. The number of carbonyl (C=O) groups excluding carboxylic acids is 1. The van der Waals surface area contributed by atoms with Crippen LogP contribution in [0.25, 0.3) is 0 Å². The Balaban J connectivity index is 3.80. The second-order valence-electron chi connectivity index (χ2n) is 6.03. The van der Waals surface area contributed by atoms with Crippen LogP contribution in [0.2, 0.25) is 0 Å².